The summed E-state index contributed by atoms with van der Waals surface area (Å²) in [7, 11) is 6.29. The number of ether oxygens (including phenoxy) is 4. The lowest BCUT2D eigenvalue weighted by Crippen LogP contribution is -2.29. The van der Waals surface area contributed by atoms with Crippen LogP contribution in [0.1, 0.15) is 33.5 Å². The molecule has 0 atom stereocenters. The molecule has 1 heterocycles. The molecule has 1 aliphatic heterocycles. The SMILES string of the molecule is COc1ccc(C(=O)N2CCc3ccc(CNC(=O)CCc4cc(OC)c(OC)c(OC)c4)cc32)cc1. The number of nitrogens with zero attached hydrogens (tertiary/aromatic N) is 1. The summed E-state index contributed by atoms with van der Waals surface area (Å²) in [6, 6.07) is 16.8. The van der Waals surface area contributed by atoms with Gasteiger partial charge in [0.15, 0.2) is 11.5 Å². The molecule has 0 aliphatic carbocycles. The molecule has 3 aromatic rings. The fourth-order valence-electron chi connectivity index (χ4n) is 4.46. The van der Waals surface area contributed by atoms with Crippen LogP contribution in [0.2, 0.25) is 0 Å². The van der Waals surface area contributed by atoms with Crippen molar-refractivity contribution in [2.45, 2.75) is 25.8 Å². The van der Waals surface area contributed by atoms with Crippen LogP contribution in [0.4, 0.5) is 5.69 Å². The number of hydrogen-bond acceptors (Lipinski definition) is 6. The van der Waals surface area contributed by atoms with E-state index in [0.717, 1.165) is 28.8 Å². The van der Waals surface area contributed by atoms with E-state index in [4.69, 9.17) is 18.9 Å². The maximum Gasteiger partial charge on any atom is 0.258 e. The molecular formula is C29H32N2O6. The maximum absolute atomic E-state index is 13.1. The average molecular weight is 505 g/mol. The Morgan fingerprint density at radius 3 is 2.16 bits per heavy atom. The Morgan fingerprint density at radius 1 is 0.838 bits per heavy atom. The molecule has 8 heteroatoms. The zero-order valence-electron chi connectivity index (χ0n) is 21.6. The van der Waals surface area contributed by atoms with Crippen molar-refractivity contribution in [2.75, 3.05) is 39.9 Å². The van der Waals surface area contributed by atoms with Gasteiger partial charge in [-0.05, 0) is 72.0 Å². The lowest BCUT2D eigenvalue weighted by molar-refractivity contribution is -0.121. The summed E-state index contributed by atoms with van der Waals surface area (Å²) in [5, 5.41) is 2.99. The van der Waals surface area contributed by atoms with E-state index in [1.165, 1.54) is 0 Å². The van der Waals surface area contributed by atoms with Crippen LogP contribution in [0, 0.1) is 0 Å². The number of methoxy groups -OCH3 is 4. The smallest absolute Gasteiger partial charge is 0.258 e. The summed E-state index contributed by atoms with van der Waals surface area (Å²) in [4.78, 5) is 27.5. The Hall–Kier alpha value is -4.20. The number of aryl methyl sites for hydroxylation is 1. The van der Waals surface area contributed by atoms with E-state index in [-0.39, 0.29) is 11.8 Å². The number of anilines is 1. The normalized spacial score (nSPS) is 12.1. The van der Waals surface area contributed by atoms with Gasteiger partial charge in [0, 0.05) is 30.8 Å². The molecule has 8 nitrogen and oxygen atoms in total. The molecule has 0 fully saturated rings. The van der Waals surface area contributed by atoms with Crippen LogP contribution in [0.3, 0.4) is 0 Å². The Kier molecular flexibility index (Phi) is 8.18. The molecule has 1 N–H and O–H groups in total. The number of nitrogens with one attached hydrogen (secondary N) is 1. The Morgan fingerprint density at radius 2 is 1.54 bits per heavy atom. The minimum Gasteiger partial charge on any atom is -0.497 e. The second kappa shape index (κ2) is 11.7. The third-order valence-corrected chi connectivity index (χ3v) is 6.48. The molecule has 194 valence electrons. The molecule has 0 spiro atoms. The van der Waals surface area contributed by atoms with Gasteiger partial charge < -0.3 is 29.2 Å². The van der Waals surface area contributed by atoms with Crippen molar-refractivity contribution >= 4 is 17.5 Å². The zero-order chi connectivity index (χ0) is 26.4. The summed E-state index contributed by atoms with van der Waals surface area (Å²) in [6.45, 7) is 1.01. The molecule has 0 radical (unpaired) electrons. The minimum atomic E-state index is -0.0691. The van der Waals surface area contributed by atoms with Crippen LogP contribution in [-0.4, -0.2) is 46.8 Å². The van der Waals surface area contributed by atoms with Crippen LogP contribution in [0.25, 0.3) is 0 Å². The summed E-state index contributed by atoms with van der Waals surface area (Å²) in [5.41, 5.74) is 4.48. The summed E-state index contributed by atoms with van der Waals surface area (Å²) < 4.78 is 21.3. The second-order valence-electron chi connectivity index (χ2n) is 8.71. The standard InChI is InChI=1S/C29H32N2O6/c1-34-23-10-8-22(9-11-23)29(33)31-14-13-21-7-5-20(15-24(21)31)18-30-27(32)12-6-19-16-25(35-2)28(37-4)26(17-19)36-3/h5,7-11,15-17H,6,12-14,18H2,1-4H3,(H,30,32). The maximum atomic E-state index is 13.1. The Labute approximate surface area is 217 Å². The number of fused-ring (bicyclic) bond motifs is 1. The third-order valence-electron chi connectivity index (χ3n) is 6.48. The predicted octanol–water partition coefficient (Wildman–Crippen LogP) is 4.17. The quantitative estimate of drug-likeness (QED) is 0.446. The number of carbonyl (C=O) groups is 2. The van der Waals surface area contributed by atoms with Gasteiger partial charge in [0.1, 0.15) is 5.75 Å². The van der Waals surface area contributed by atoms with Crippen LogP contribution < -0.4 is 29.2 Å². The van der Waals surface area contributed by atoms with E-state index >= 15 is 0 Å². The number of rotatable bonds is 10. The van der Waals surface area contributed by atoms with E-state index in [2.05, 4.69) is 5.32 Å². The van der Waals surface area contributed by atoms with Crippen molar-refractivity contribution < 1.29 is 28.5 Å². The van der Waals surface area contributed by atoms with Gasteiger partial charge in [-0.3, -0.25) is 9.59 Å². The highest BCUT2D eigenvalue weighted by Crippen LogP contribution is 2.38. The van der Waals surface area contributed by atoms with E-state index in [1.54, 1.807) is 57.6 Å². The number of benzene rings is 3. The highest BCUT2D eigenvalue weighted by molar-refractivity contribution is 6.07. The Bertz CT molecular complexity index is 1250. The molecule has 2 amide bonds. The molecule has 37 heavy (non-hydrogen) atoms. The summed E-state index contributed by atoms with van der Waals surface area (Å²) in [5.74, 6) is 2.23. The van der Waals surface area contributed by atoms with E-state index in [9.17, 15) is 9.59 Å². The fraction of sp³-hybridized carbons (Fsp3) is 0.310. The number of hydrogen-bond donors (Lipinski definition) is 1. The van der Waals surface area contributed by atoms with Crippen LogP contribution in [0.15, 0.2) is 54.6 Å². The van der Waals surface area contributed by atoms with Gasteiger partial charge >= 0.3 is 0 Å². The monoisotopic (exact) mass is 504 g/mol. The van der Waals surface area contributed by atoms with E-state index in [0.29, 0.717) is 54.5 Å². The second-order valence-corrected chi connectivity index (χ2v) is 8.71. The Balaban J connectivity index is 1.37. The van der Waals surface area contributed by atoms with Crippen molar-refractivity contribution in [2.24, 2.45) is 0 Å². The number of amides is 2. The topological polar surface area (TPSA) is 86.3 Å². The first-order chi connectivity index (χ1) is 18.0. The molecule has 3 aromatic carbocycles. The van der Waals surface area contributed by atoms with Gasteiger partial charge in [-0.1, -0.05) is 12.1 Å². The molecule has 0 unspecified atom stereocenters. The van der Waals surface area contributed by atoms with Gasteiger partial charge in [0.05, 0.1) is 28.4 Å². The molecule has 4 rings (SSSR count). The van der Waals surface area contributed by atoms with Crippen LogP contribution in [0.5, 0.6) is 23.0 Å². The van der Waals surface area contributed by atoms with Gasteiger partial charge in [-0.2, -0.15) is 0 Å². The van der Waals surface area contributed by atoms with Crippen LogP contribution in [-0.2, 0) is 24.2 Å². The largest absolute Gasteiger partial charge is 0.497 e. The molecule has 0 bridgehead atoms. The number of carbonyl (C=O) groups excluding carboxylic acids is 2. The molecule has 0 saturated heterocycles. The minimum absolute atomic E-state index is 0.0482. The van der Waals surface area contributed by atoms with Crippen molar-refractivity contribution in [3.05, 3.63) is 76.9 Å². The molecule has 0 saturated carbocycles. The predicted molar refractivity (Wildman–Crippen MR) is 141 cm³/mol. The van der Waals surface area contributed by atoms with Crippen molar-refractivity contribution in [1.82, 2.24) is 5.32 Å². The first-order valence-corrected chi connectivity index (χ1v) is 12.1. The fourth-order valence-corrected chi connectivity index (χ4v) is 4.46. The highest BCUT2D eigenvalue weighted by atomic mass is 16.5. The summed E-state index contributed by atoms with van der Waals surface area (Å²) >= 11 is 0. The lowest BCUT2D eigenvalue weighted by atomic mass is 10.1. The van der Waals surface area contributed by atoms with Gasteiger partial charge in [0.2, 0.25) is 11.7 Å². The molecular weight excluding hydrogens is 472 g/mol. The molecule has 1 aliphatic rings. The van der Waals surface area contributed by atoms with Crippen molar-refractivity contribution in [1.29, 1.82) is 0 Å². The van der Waals surface area contributed by atoms with E-state index < -0.39 is 0 Å². The average Bonchev–Trinajstić information content (AvgIpc) is 3.37. The first kappa shape index (κ1) is 25.9. The van der Waals surface area contributed by atoms with Crippen LogP contribution >= 0.6 is 0 Å². The van der Waals surface area contributed by atoms with E-state index in [1.807, 2.05) is 30.3 Å². The first-order valence-electron chi connectivity index (χ1n) is 12.1. The van der Waals surface area contributed by atoms with Gasteiger partial charge in [-0.25, -0.2) is 0 Å². The van der Waals surface area contributed by atoms with Gasteiger partial charge in [0.25, 0.3) is 5.91 Å². The highest BCUT2D eigenvalue weighted by Gasteiger charge is 2.26. The molecule has 0 aromatic heterocycles. The zero-order valence-corrected chi connectivity index (χ0v) is 21.6. The summed E-state index contributed by atoms with van der Waals surface area (Å²) in [6.07, 6.45) is 1.64. The lowest BCUT2D eigenvalue weighted by Gasteiger charge is -2.18. The van der Waals surface area contributed by atoms with Gasteiger partial charge in [-0.15, -0.1) is 0 Å². The van der Waals surface area contributed by atoms with Crippen molar-refractivity contribution in [3.8, 4) is 23.0 Å². The van der Waals surface area contributed by atoms with Crippen molar-refractivity contribution in [3.63, 3.8) is 0 Å². The third kappa shape index (κ3) is 5.80.